The Balaban J connectivity index is 2.26. The topological polar surface area (TPSA) is 33.3 Å². The van der Waals surface area contributed by atoms with Crippen molar-refractivity contribution in [2.24, 2.45) is 0 Å². The number of ether oxygens (including phenoxy) is 1. The summed E-state index contributed by atoms with van der Waals surface area (Å²) >= 11 is 0. The molecule has 0 aliphatic rings. The number of hydrogen-bond acceptors (Lipinski definition) is 3. The summed E-state index contributed by atoms with van der Waals surface area (Å²) in [7, 11) is 1.69. The van der Waals surface area contributed by atoms with Crippen molar-refractivity contribution < 1.29 is 9.13 Å². The molecule has 0 heterocycles. The first kappa shape index (κ1) is 15.1. The molecule has 4 heteroatoms. The van der Waals surface area contributed by atoms with E-state index >= 15 is 0 Å². The fourth-order valence-corrected chi connectivity index (χ4v) is 1.77. The molecule has 1 aromatic rings. The largest absolute Gasteiger partial charge is 0.383 e. The zero-order valence-corrected chi connectivity index (χ0v) is 11.4. The smallest absolute Gasteiger partial charge is 0.123 e. The van der Waals surface area contributed by atoms with Crippen molar-refractivity contribution in [2.45, 2.75) is 26.4 Å². The molecule has 0 spiro atoms. The van der Waals surface area contributed by atoms with E-state index in [0.717, 1.165) is 30.8 Å². The van der Waals surface area contributed by atoms with E-state index in [1.54, 1.807) is 19.2 Å². The molecule has 0 radical (unpaired) electrons. The van der Waals surface area contributed by atoms with Crippen LogP contribution in [-0.4, -0.2) is 32.8 Å². The second kappa shape index (κ2) is 8.19. The molecule has 0 saturated heterocycles. The van der Waals surface area contributed by atoms with Gasteiger partial charge in [0.1, 0.15) is 5.82 Å². The molecule has 18 heavy (non-hydrogen) atoms. The number of benzene rings is 1. The highest BCUT2D eigenvalue weighted by atomic mass is 19.1. The summed E-state index contributed by atoms with van der Waals surface area (Å²) in [6.07, 6.45) is 0. The minimum atomic E-state index is -0.169. The summed E-state index contributed by atoms with van der Waals surface area (Å²) < 4.78 is 18.1. The highest BCUT2D eigenvalue weighted by Crippen LogP contribution is 2.08. The van der Waals surface area contributed by atoms with Crippen LogP contribution >= 0.6 is 0 Å². The molecule has 2 N–H and O–H groups in total. The van der Waals surface area contributed by atoms with E-state index in [1.807, 2.05) is 13.0 Å². The third-order valence-corrected chi connectivity index (χ3v) is 2.69. The second-order valence-corrected chi connectivity index (χ2v) is 4.62. The van der Waals surface area contributed by atoms with Crippen molar-refractivity contribution in [2.75, 3.05) is 26.8 Å². The lowest BCUT2D eigenvalue weighted by Crippen LogP contribution is -2.37. The lowest BCUT2D eigenvalue weighted by atomic mass is 10.1. The van der Waals surface area contributed by atoms with Gasteiger partial charge in [0.25, 0.3) is 0 Å². The zero-order valence-electron chi connectivity index (χ0n) is 11.4. The van der Waals surface area contributed by atoms with Gasteiger partial charge in [-0.25, -0.2) is 4.39 Å². The van der Waals surface area contributed by atoms with Crippen LogP contribution in [0.2, 0.25) is 0 Å². The van der Waals surface area contributed by atoms with Crippen molar-refractivity contribution in [3.63, 3.8) is 0 Å². The van der Waals surface area contributed by atoms with E-state index in [4.69, 9.17) is 4.74 Å². The van der Waals surface area contributed by atoms with Gasteiger partial charge in [0, 0.05) is 32.8 Å². The SMILES string of the molecule is COCCNCC(C)NCc1cc(C)cc(F)c1. The molecule has 0 fully saturated rings. The minimum Gasteiger partial charge on any atom is -0.383 e. The molecule has 1 unspecified atom stereocenters. The fraction of sp³-hybridized carbons (Fsp3) is 0.571. The monoisotopic (exact) mass is 254 g/mol. The first-order chi connectivity index (χ1) is 8.61. The predicted molar refractivity (Wildman–Crippen MR) is 72.2 cm³/mol. The van der Waals surface area contributed by atoms with Crippen LogP contribution in [0.5, 0.6) is 0 Å². The maximum atomic E-state index is 13.2. The van der Waals surface area contributed by atoms with Crippen LogP contribution in [0.1, 0.15) is 18.1 Å². The number of aryl methyl sites for hydroxylation is 1. The molecule has 0 bridgehead atoms. The molecular weight excluding hydrogens is 231 g/mol. The van der Waals surface area contributed by atoms with Crippen molar-refractivity contribution in [3.05, 3.63) is 35.1 Å². The highest BCUT2D eigenvalue weighted by molar-refractivity contribution is 5.23. The molecular formula is C14H23FN2O. The number of rotatable bonds is 8. The Bertz CT molecular complexity index is 337. The van der Waals surface area contributed by atoms with Gasteiger partial charge >= 0.3 is 0 Å². The highest BCUT2D eigenvalue weighted by Gasteiger charge is 2.02. The Kier molecular flexibility index (Phi) is 6.86. The molecule has 0 saturated carbocycles. The Hall–Kier alpha value is -0.970. The molecule has 0 aliphatic heterocycles. The van der Waals surface area contributed by atoms with Gasteiger partial charge in [-0.3, -0.25) is 0 Å². The van der Waals surface area contributed by atoms with Gasteiger partial charge in [-0.05, 0) is 37.1 Å². The van der Waals surface area contributed by atoms with Crippen LogP contribution < -0.4 is 10.6 Å². The molecule has 0 aliphatic carbocycles. The first-order valence-electron chi connectivity index (χ1n) is 6.31. The fourth-order valence-electron chi connectivity index (χ4n) is 1.77. The van der Waals surface area contributed by atoms with Crippen LogP contribution in [0.3, 0.4) is 0 Å². The molecule has 0 amide bonds. The number of hydrogen-bond donors (Lipinski definition) is 2. The quantitative estimate of drug-likeness (QED) is 0.695. The summed E-state index contributed by atoms with van der Waals surface area (Å²) in [6.45, 7) is 7.13. The lowest BCUT2D eigenvalue weighted by Gasteiger charge is -2.15. The van der Waals surface area contributed by atoms with E-state index in [-0.39, 0.29) is 5.82 Å². The summed E-state index contributed by atoms with van der Waals surface area (Å²) in [5, 5.41) is 6.64. The standard InChI is InChI=1S/C14H23FN2O/c1-11-6-13(8-14(15)7-11)10-17-12(2)9-16-4-5-18-3/h6-8,12,16-17H,4-5,9-10H2,1-3H3. The van der Waals surface area contributed by atoms with Crippen molar-refractivity contribution in [3.8, 4) is 0 Å². The lowest BCUT2D eigenvalue weighted by molar-refractivity contribution is 0.198. The van der Waals surface area contributed by atoms with Crippen LogP contribution in [-0.2, 0) is 11.3 Å². The summed E-state index contributed by atoms with van der Waals surface area (Å²) in [4.78, 5) is 0. The summed E-state index contributed by atoms with van der Waals surface area (Å²) in [6, 6.07) is 5.45. The van der Waals surface area contributed by atoms with Gasteiger partial charge in [-0.15, -0.1) is 0 Å². The normalized spacial score (nSPS) is 12.7. The van der Waals surface area contributed by atoms with Gasteiger partial charge in [-0.1, -0.05) is 6.07 Å². The molecule has 102 valence electrons. The van der Waals surface area contributed by atoms with Crippen molar-refractivity contribution in [1.82, 2.24) is 10.6 Å². The van der Waals surface area contributed by atoms with E-state index in [1.165, 1.54) is 0 Å². The molecule has 1 atom stereocenters. The molecule has 1 rings (SSSR count). The van der Waals surface area contributed by atoms with Crippen molar-refractivity contribution in [1.29, 1.82) is 0 Å². The second-order valence-electron chi connectivity index (χ2n) is 4.62. The van der Waals surface area contributed by atoms with E-state index in [0.29, 0.717) is 12.6 Å². The summed E-state index contributed by atoms with van der Waals surface area (Å²) in [5.41, 5.74) is 1.94. The Morgan fingerprint density at radius 2 is 2.11 bits per heavy atom. The summed E-state index contributed by atoms with van der Waals surface area (Å²) in [5.74, 6) is -0.169. The zero-order chi connectivity index (χ0) is 13.4. The third-order valence-electron chi connectivity index (χ3n) is 2.69. The third kappa shape index (κ3) is 6.10. The van der Waals surface area contributed by atoms with E-state index in [9.17, 15) is 4.39 Å². The maximum Gasteiger partial charge on any atom is 0.123 e. The van der Waals surface area contributed by atoms with Gasteiger partial charge in [0.2, 0.25) is 0 Å². The molecule has 0 aromatic heterocycles. The first-order valence-corrected chi connectivity index (χ1v) is 6.31. The van der Waals surface area contributed by atoms with Crippen molar-refractivity contribution >= 4 is 0 Å². The van der Waals surface area contributed by atoms with Crippen LogP contribution in [0, 0.1) is 12.7 Å². The number of methoxy groups -OCH3 is 1. The Morgan fingerprint density at radius 1 is 1.33 bits per heavy atom. The van der Waals surface area contributed by atoms with Gasteiger partial charge < -0.3 is 15.4 Å². The number of nitrogens with one attached hydrogen (secondary N) is 2. The van der Waals surface area contributed by atoms with Crippen LogP contribution in [0.25, 0.3) is 0 Å². The van der Waals surface area contributed by atoms with Gasteiger partial charge in [0.05, 0.1) is 6.61 Å². The van der Waals surface area contributed by atoms with E-state index < -0.39 is 0 Å². The molecule has 3 nitrogen and oxygen atoms in total. The van der Waals surface area contributed by atoms with Crippen LogP contribution in [0.15, 0.2) is 18.2 Å². The predicted octanol–water partition coefficient (Wildman–Crippen LogP) is 1.85. The minimum absolute atomic E-state index is 0.169. The van der Waals surface area contributed by atoms with Gasteiger partial charge in [-0.2, -0.15) is 0 Å². The Morgan fingerprint density at radius 3 is 2.78 bits per heavy atom. The van der Waals surface area contributed by atoms with E-state index in [2.05, 4.69) is 17.6 Å². The van der Waals surface area contributed by atoms with Crippen LogP contribution in [0.4, 0.5) is 4.39 Å². The van der Waals surface area contributed by atoms with Gasteiger partial charge in [0.15, 0.2) is 0 Å². The average Bonchev–Trinajstić information content (AvgIpc) is 2.31. The molecule has 1 aromatic carbocycles. The average molecular weight is 254 g/mol. The maximum absolute atomic E-state index is 13.2. The number of halogens is 1. The Labute approximate surface area is 109 Å².